The number of rotatable bonds is 7. The summed E-state index contributed by atoms with van der Waals surface area (Å²) in [7, 11) is 0. The zero-order chi connectivity index (χ0) is 19.2. The number of hydrogen-bond donors (Lipinski definition) is 1. The van der Waals surface area contributed by atoms with Crippen molar-refractivity contribution in [2.24, 2.45) is 0 Å². The molecule has 0 unspecified atom stereocenters. The molecule has 0 bridgehead atoms. The minimum absolute atomic E-state index is 0.361. The average molecular weight is 362 g/mol. The zero-order valence-electron chi connectivity index (χ0n) is 15.4. The molecule has 3 rings (SSSR count). The van der Waals surface area contributed by atoms with Crippen molar-refractivity contribution >= 4 is 22.8 Å². The fraction of sp³-hybridized carbons (Fsp3) is 0.174. The Hall–Kier alpha value is -3.27. The molecular weight excluding hydrogens is 340 g/mol. The maximum atomic E-state index is 10.9. The number of ether oxygens (including phenoxy) is 2. The molecule has 0 aliphatic rings. The molecule has 0 aliphatic heterocycles. The molecule has 3 aromatic rings. The topological polar surface area (TPSA) is 55.8 Å². The molecule has 4 heteroatoms. The second kappa shape index (κ2) is 8.41. The first-order valence-corrected chi connectivity index (χ1v) is 8.80. The van der Waals surface area contributed by atoms with Gasteiger partial charge in [-0.15, -0.1) is 0 Å². The maximum absolute atomic E-state index is 10.9. The van der Waals surface area contributed by atoms with Gasteiger partial charge in [0.15, 0.2) is 0 Å². The Labute approximate surface area is 158 Å². The minimum Gasteiger partial charge on any atom is -0.490 e. The standard InChI is InChI=1S/C23H22O4/c1-16-7-8-17(2)22(15-16)27-14-13-26-21-11-9-18-5-3-4-6-19(18)20(21)10-12-23(24)25/h3-12,15H,13-14H2,1-2H3,(H,24,25). The highest BCUT2D eigenvalue weighted by atomic mass is 16.5. The van der Waals surface area contributed by atoms with Crippen LogP contribution in [0.15, 0.2) is 60.7 Å². The van der Waals surface area contributed by atoms with Crippen LogP contribution in [0.25, 0.3) is 16.8 Å². The summed E-state index contributed by atoms with van der Waals surface area (Å²) < 4.78 is 11.7. The van der Waals surface area contributed by atoms with E-state index in [9.17, 15) is 4.79 Å². The van der Waals surface area contributed by atoms with Crippen molar-refractivity contribution in [1.29, 1.82) is 0 Å². The lowest BCUT2D eigenvalue weighted by atomic mass is 10.0. The van der Waals surface area contributed by atoms with Crippen LogP contribution in [0.3, 0.4) is 0 Å². The molecule has 0 fully saturated rings. The lowest BCUT2D eigenvalue weighted by molar-refractivity contribution is -0.131. The van der Waals surface area contributed by atoms with E-state index in [4.69, 9.17) is 14.6 Å². The Morgan fingerprint density at radius 2 is 1.70 bits per heavy atom. The molecule has 1 N–H and O–H groups in total. The van der Waals surface area contributed by atoms with Gasteiger partial charge in [-0.05, 0) is 54.0 Å². The highest BCUT2D eigenvalue weighted by Crippen LogP contribution is 2.29. The Balaban J connectivity index is 1.75. The molecule has 0 spiro atoms. The van der Waals surface area contributed by atoms with E-state index in [1.807, 2.05) is 62.4 Å². The largest absolute Gasteiger partial charge is 0.490 e. The van der Waals surface area contributed by atoms with E-state index in [1.165, 1.54) is 0 Å². The Morgan fingerprint density at radius 3 is 2.48 bits per heavy atom. The average Bonchev–Trinajstić information content (AvgIpc) is 2.66. The molecule has 0 atom stereocenters. The number of fused-ring (bicyclic) bond motifs is 1. The summed E-state index contributed by atoms with van der Waals surface area (Å²) in [6.45, 7) is 4.80. The highest BCUT2D eigenvalue weighted by Gasteiger charge is 2.07. The highest BCUT2D eigenvalue weighted by molar-refractivity contribution is 5.96. The summed E-state index contributed by atoms with van der Waals surface area (Å²) in [6, 6.07) is 17.7. The van der Waals surface area contributed by atoms with Crippen molar-refractivity contribution in [3.8, 4) is 11.5 Å². The van der Waals surface area contributed by atoms with Crippen LogP contribution in [-0.2, 0) is 4.79 Å². The van der Waals surface area contributed by atoms with E-state index in [1.54, 1.807) is 6.08 Å². The van der Waals surface area contributed by atoms with Crippen LogP contribution in [0, 0.1) is 13.8 Å². The van der Waals surface area contributed by atoms with Crippen LogP contribution < -0.4 is 9.47 Å². The smallest absolute Gasteiger partial charge is 0.328 e. The first kappa shape index (κ1) is 18.5. The van der Waals surface area contributed by atoms with Crippen LogP contribution in [-0.4, -0.2) is 24.3 Å². The van der Waals surface area contributed by atoms with E-state index in [0.717, 1.165) is 39.3 Å². The number of carboxylic acids is 1. The van der Waals surface area contributed by atoms with Crippen molar-refractivity contribution < 1.29 is 19.4 Å². The number of hydrogen-bond acceptors (Lipinski definition) is 3. The Morgan fingerprint density at radius 1 is 0.963 bits per heavy atom. The first-order chi connectivity index (χ1) is 13.0. The molecular formula is C23H22O4. The predicted octanol–water partition coefficient (Wildman–Crippen LogP) is 5.01. The van der Waals surface area contributed by atoms with E-state index in [2.05, 4.69) is 6.07 Å². The van der Waals surface area contributed by atoms with Crippen molar-refractivity contribution in [2.75, 3.05) is 13.2 Å². The van der Waals surface area contributed by atoms with Gasteiger partial charge in [0.25, 0.3) is 0 Å². The molecule has 0 radical (unpaired) electrons. The van der Waals surface area contributed by atoms with Crippen molar-refractivity contribution in [2.45, 2.75) is 13.8 Å². The van der Waals surface area contributed by atoms with Gasteiger partial charge in [-0.1, -0.05) is 42.5 Å². The molecule has 0 amide bonds. The number of benzene rings is 3. The molecule has 0 aliphatic carbocycles. The van der Waals surface area contributed by atoms with Crippen LogP contribution >= 0.6 is 0 Å². The summed E-state index contributed by atoms with van der Waals surface area (Å²) in [6.07, 6.45) is 2.70. The molecule has 0 saturated carbocycles. The maximum Gasteiger partial charge on any atom is 0.328 e. The van der Waals surface area contributed by atoms with Crippen LogP contribution in [0.2, 0.25) is 0 Å². The van der Waals surface area contributed by atoms with Crippen LogP contribution in [0.5, 0.6) is 11.5 Å². The summed E-state index contributed by atoms with van der Waals surface area (Å²) in [5, 5.41) is 11.0. The predicted molar refractivity (Wildman–Crippen MR) is 108 cm³/mol. The lowest BCUT2D eigenvalue weighted by Gasteiger charge is -2.14. The van der Waals surface area contributed by atoms with Gasteiger partial charge >= 0.3 is 5.97 Å². The van der Waals surface area contributed by atoms with Gasteiger partial charge in [-0.2, -0.15) is 0 Å². The Bertz CT molecular complexity index is 989. The van der Waals surface area contributed by atoms with E-state index in [-0.39, 0.29) is 0 Å². The summed E-state index contributed by atoms with van der Waals surface area (Å²) in [5.74, 6) is 0.492. The quantitative estimate of drug-likeness (QED) is 0.474. The molecule has 0 aromatic heterocycles. The zero-order valence-corrected chi connectivity index (χ0v) is 15.4. The number of aliphatic carboxylic acids is 1. The molecule has 0 saturated heterocycles. The third kappa shape index (κ3) is 4.67. The number of carboxylic acid groups (broad SMARTS) is 1. The van der Waals surface area contributed by atoms with Crippen molar-refractivity contribution in [3.63, 3.8) is 0 Å². The van der Waals surface area contributed by atoms with Gasteiger partial charge in [0.1, 0.15) is 24.7 Å². The monoisotopic (exact) mass is 362 g/mol. The van der Waals surface area contributed by atoms with E-state index in [0.29, 0.717) is 19.0 Å². The molecule has 138 valence electrons. The van der Waals surface area contributed by atoms with Crippen molar-refractivity contribution in [1.82, 2.24) is 0 Å². The minimum atomic E-state index is -0.993. The second-order valence-electron chi connectivity index (χ2n) is 6.34. The fourth-order valence-corrected chi connectivity index (χ4v) is 2.89. The lowest BCUT2D eigenvalue weighted by Crippen LogP contribution is -2.10. The molecule has 0 heterocycles. The summed E-state index contributed by atoms with van der Waals surface area (Å²) >= 11 is 0. The third-order valence-corrected chi connectivity index (χ3v) is 4.27. The van der Waals surface area contributed by atoms with E-state index >= 15 is 0 Å². The molecule has 3 aromatic carbocycles. The van der Waals surface area contributed by atoms with E-state index < -0.39 is 5.97 Å². The van der Waals surface area contributed by atoms with Gasteiger partial charge in [0.05, 0.1) is 0 Å². The summed E-state index contributed by atoms with van der Waals surface area (Å²) in [4.78, 5) is 10.9. The number of carbonyl (C=O) groups is 1. The van der Waals surface area contributed by atoms with Gasteiger partial charge in [0.2, 0.25) is 0 Å². The second-order valence-corrected chi connectivity index (χ2v) is 6.34. The fourth-order valence-electron chi connectivity index (χ4n) is 2.89. The SMILES string of the molecule is Cc1ccc(C)c(OCCOc2ccc3ccccc3c2C=CC(=O)O)c1. The Kier molecular flexibility index (Phi) is 5.77. The first-order valence-electron chi connectivity index (χ1n) is 8.80. The van der Waals surface area contributed by atoms with Gasteiger partial charge in [0, 0.05) is 11.6 Å². The molecule has 27 heavy (non-hydrogen) atoms. The van der Waals surface area contributed by atoms with Gasteiger partial charge in [-0.3, -0.25) is 0 Å². The third-order valence-electron chi connectivity index (χ3n) is 4.27. The van der Waals surface area contributed by atoms with Crippen molar-refractivity contribution in [3.05, 3.63) is 77.4 Å². The summed E-state index contributed by atoms with van der Waals surface area (Å²) in [5.41, 5.74) is 2.98. The van der Waals surface area contributed by atoms with Crippen LogP contribution in [0.4, 0.5) is 0 Å². The normalized spacial score (nSPS) is 11.0. The van der Waals surface area contributed by atoms with Gasteiger partial charge < -0.3 is 14.6 Å². The number of aryl methyl sites for hydroxylation is 2. The van der Waals surface area contributed by atoms with Crippen LogP contribution in [0.1, 0.15) is 16.7 Å². The molecule has 4 nitrogen and oxygen atoms in total. The van der Waals surface area contributed by atoms with Gasteiger partial charge in [-0.25, -0.2) is 4.79 Å².